The minimum absolute atomic E-state index is 0.00984. The molecule has 1 aromatic rings. The average molecular weight is 301 g/mol. The Labute approximate surface area is 122 Å². The molecule has 0 aliphatic rings. The second kappa shape index (κ2) is 7.86. The molecular weight excluding hydrogens is 283 g/mol. The van der Waals surface area contributed by atoms with E-state index in [1.165, 1.54) is 6.07 Å². The van der Waals surface area contributed by atoms with Crippen LogP contribution >= 0.6 is 0 Å². The van der Waals surface area contributed by atoms with Crippen molar-refractivity contribution < 1.29 is 17.9 Å². The van der Waals surface area contributed by atoms with Crippen molar-refractivity contribution in [2.24, 2.45) is 0 Å². The Balaban J connectivity index is 2.62. The maximum Gasteiger partial charge on any atom is 0.416 e. The molecule has 1 aromatic carbocycles. The molecule has 116 valence electrons. The van der Waals surface area contributed by atoms with E-state index in [2.05, 4.69) is 5.32 Å². The number of ether oxygens (including phenoxy) is 1. The van der Waals surface area contributed by atoms with Gasteiger partial charge in [0.15, 0.2) is 0 Å². The summed E-state index contributed by atoms with van der Waals surface area (Å²) in [6, 6.07) is 4.90. The minimum Gasteiger partial charge on any atom is -0.383 e. The second-order valence-corrected chi connectivity index (χ2v) is 4.59. The van der Waals surface area contributed by atoms with Gasteiger partial charge in [-0.2, -0.15) is 18.4 Å². The van der Waals surface area contributed by atoms with Gasteiger partial charge in [0, 0.05) is 26.7 Å². The monoisotopic (exact) mass is 301 g/mol. The molecule has 4 nitrogen and oxygen atoms in total. The van der Waals surface area contributed by atoms with Crippen molar-refractivity contribution >= 4 is 5.69 Å². The fourth-order valence-electron chi connectivity index (χ4n) is 1.71. The minimum atomic E-state index is -4.44. The predicted octanol–water partition coefficient (Wildman–Crippen LogP) is 2.57. The lowest BCUT2D eigenvalue weighted by atomic mass is 10.1. The lowest BCUT2D eigenvalue weighted by Crippen LogP contribution is -2.28. The highest BCUT2D eigenvalue weighted by Gasteiger charge is 2.31. The Bertz CT molecular complexity index is 497. The summed E-state index contributed by atoms with van der Waals surface area (Å²) in [5.41, 5.74) is -0.420. The largest absolute Gasteiger partial charge is 0.416 e. The highest BCUT2D eigenvalue weighted by molar-refractivity contribution is 5.59. The van der Waals surface area contributed by atoms with E-state index in [4.69, 9.17) is 10.00 Å². The molecule has 0 aliphatic heterocycles. The number of hydrogen-bond donors (Lipinski definition) is 1. The lowest BCUT2D eigenvalue weighted by Gasteiger charge is -2.17. The third-order valence-electron chi connectivity index (χ3n) is 2.95. The van der Waals surface area contributed by atoms with Gasteiger partial charge in [-0.3, -0.25) is 0 Å². The van der Waals surface area contributed by atoms with Gasteiger partial charge in [0.2, 0.25) is 0 Å². The summed E-state index contributed by atoms with van der Waals surface area (Å²) in [5.74, 6) is 0. The summed E-state index contributed by atoms with van der Waals surface area (Å²) in [6.45, 7) is 2.59. The molecule has 7 heteroatoms. The van der Waals surface area contributed by atoms with Crippen LogP contribution in [0.2, 0.25) is 0 Å². The molecule has 1 rings (SSSR count). The standard InChI is InChI=1S/C14H18F3N3O/c1-20(7-8-21-2)6-5-19-13-4-3-12(14(15,16)17)9-11(13)10-18/h3-4,9,19H,5-8H2,1-2H3. The molecule has 0 aromatic heterocycles. The molecule has 0 saturated heterocycles. The number of nitrogens with one attached hydrogen (secondary N) is 1. The first-order chi connectivity index (χ1) is 9.88. The van der Waals surface area contributed by atoms with Gasteiger partial charge in [0.25, 0.3) is 0 Å². The first-order valence-corrected chi connectivity index (χ1v) is 6.41. The van der Waals surface area contributed by atoms with Crippen LogP contribution < -0.4 is 5.32 Å². The summed E-state index contributed by atoms with van der Waals surface area (Å²) in [5, 5.41) is 11.9. The number of rotatable bonds is 7. The van der Waals surface area contributed by atoms with E-state index in [1.54, 1.807) is 13.2 Å². The number of likely N-dealkylation sites (N-methyl/N-ethyl adjacent to an activating group) is 1. The summed E-state index contributed by atoms with van der Waals surface area (Å²) in [4.78, 5) is 2.02. The van der Waals surface area contributed by atoms with E-state index in [0.29, 0.717) is 25.4 Å². The van der Waals surface area contributed by atoms with Crippen molar-refractivity contribution in [3.8, 4) is 6.07 Å². The zero-order chi connectivity index (χ0) is 15.9. The average Bonchev–Trinajstić information content (AvgIpc) is 2.44. The van der Waals surface area contributed by atoms with E-state index in [9.17, 15) is 13.2 Å². The predicted molar refractivity (Wildman–Crippen MR) is 74.0 cm³/mol. The van der Waals surface area contributed by atoms with Crippen LogP contribution in [-0.2, 0) is 10.9 Å². The molecule has 0 aliphatic carbocycles. The van der Waals surface area contributed by atoms with Gasteiger partial charge in [0.1, 0.15) is 6.07 Å². The molecule has 0 unspecified atom stereocenters. The van der Waals surface area contributed by atoms with Crippen LogP contribution in [0.5, 0.6) is 0 Å². The number of nitrogens with zero attached hydrogens (tertiary/aromatic N) is 2. The van der Waals surface area contributed by atoms with E-state index in [-0.39, 0.29) is 5.56 Å². The van der Waals surface area contributed by atoms with E-state index in [0.717, 1.165) is 18.7 Å². The van der Waals surface area contributed by atoms with Crippen LogP contribution in [-0.4, -0.2) is 45.3 Å². The van der Waals surface area contributed by atoms with Crippen molar-refractivity contribution in [2.75, 3.05) is 45.7 Å². The third-order valence-corrected chi connectivity index (χ3v) is 2.95. The normalized spacial score (nSPS) is 11.5. The fraction of sp³-hybridized carbons (Fsp3) is 0.500. The molecule has 0 fully saturated rings. The topological polar surface area (TPSA) is 48.3 Å². The van der Waals surface area contributed by atoms with Crippen molar-refractivity contribution in [1.82, 2.24) is 4.90 Å². The quantitative estimate of drug-likeness (QED) is 0.841. The summed E-state index contributed by atoms with van der Waals surface area (Å²) >= 11 is 0. The number of halogens is 3. The number of anilines is 1. The first kappa shape index (κ1) is 17.3. The van der Waals surface area contributed by atoms with Crippen molar-refractivity contribution in [1.29, 1.82) is 5.26 Å². The zero-order valence-corrected chi connectivity index (χ0v) is 12.0. The molecule has 0 heterocycles. The van der Waals surface area contributed by atoms with Crippen LogP contribution in [0.4, 0.5) is 18.9 Å². The van der Waals surface area contributed by atoms with E-state index < -0.39 is 11.7 Å². The third kappa shape index (κ3) is 5.61. The van der Waals surface area contributed by atoms with Gasteiger partial charge in [-0.25, -0.2) is 0 Å². The number of nitriles is 1. The van der Waals surface area contributed by atoms with Crippen molar-refractivity contribution in [3.63, 3.8) is 0 Å². The molecule has 1 N–H and O–H groups in total. The maximum absolute atomic E-state index is 12.6. The molecular formula is C14H18F3N3O. The van der Waals surface area contributed by atoms with Gasteiger partial charge in [0.05, 0.1) is 23.4 Å². The summed E-state index contributed by atoms with van der Waals surface area (Å²) < 4.78 is 42.6. The number of methoxy groups -OCH3 is 1. The maximum atomic E-state index is 12.6. The van der Waals surface area contributed by atoms with Gasteiger partial charge in [-0.1, -0.05) is 0 Å². The van der Waals surface area contributed by atoms with Crippen LogP contribution in [0.15, 0.2) is 18.2 Å². The van der Waals surface area contributed by atoms with Crippen LogP contribution in [0.1, 0.15) is 11.1 Å². The molecule has 0 bridgehead atoms. The Morgan fingerprint density at radius 1 is 1.33 bits per heavy atom. The molecule has 0 spiro atoms. The van der Waals surface area contributed by atoms with Crippen LogP contribution in [0, 0.1) is 11.3 Å². The highest BCUT2D eigenvalue weighted by atomic mass is 19.4. The second-order valence-electron chi connectivity index (χ2n) is 4.59. The SMILES string of the molecule is COCCN(C)CCNc1ccc(C(F)(F)F)cc1C#N. The first-order valence-electron chi connectivity index (χ1n) is 6.41. The lowest BCUT2D eigenvalue weighted by molar-refractivity contribution is -0.137. The molecule has 21 heavy (non-hydrogen) atoms. The molecule has 0 amide bonds. The number of alkyl halides is 3. The molecule has 0 atom stereocenters. The Hall–Kier alpha value is -1.78. The van der Waals surface area contributed by atoms with Gasteiger partial charge in [-0.15, -0.1) is 0 Å². The Kier molecular flexibility index (Phi) is 6.46. The van der Waals surface area contributed by atoms with E-state index in [1.807, 2.05) is 11.9 Å². The molecule has 0 saturated carbocycles. The Morgan fingerprint density at radius 2 is 2.05 bits per heavy atom. The van der Waals surface area contributed by atoms with Gasteiger partial charge >= 0.3 is 6.18 Å². The van der Waals surface area contributed by atoms with Gasteiger partial charge in [-0.05, 0) is 25.2 Å². The smallest absolute Gasteiger partial charge is 0.383 e. The number of hydrogen-bond acceptors (Lipinski definition) is 4. The van der Waals surface area contributed by atoms with E-state index >= 15 is 0 Å². The van der Waals surface area contributed by atoms with Crippen LogP contribution in [0.25, 0.3) is 0 Å². The Morgan fingerprint density at radius 3 is 2.62 bits per heavy atom. The van der Waals surface area contributed by atoms with Crippen molar-refractivity contribution in [2.45, 2.75) is 6.18 Å². The highest BCUT2D eigenvalue weighted by Crippen LogP contribution is 2.31. The molecule has 0 radical (unpaired) electrons. The number of benzene rings is 1. The summed E-state index contributed by atoms with van der Waals surface area (Å²) in [7, 11) is 3.53. The fourth-order valence-corrected chi connectivity index (χ4v) is 1.71. The summed E-state index contributed by atoms with van der Waals surface area (Å²) in [6.07, 6.45) is -4.44. The van der Waals surface area contributed by atoms with Gasteiger partial charge < -0.3 is 15.0 Å². The zero-order valence-electron chi connectivity index (χ0n) is 12.0. The van der Waals surface area contributed by atoms with Crippen molar-refractivity contribution in [3.05, 3.63) is 29.3 Å². The van der Waals surface area contributed by atoms with Crippen LogP contribution in [0.3, 0.4) is 0 Å².